The molecule has 0 unspecified atom stereocenters. The first kappa shape index (κ1) is 15.4. The minimum atomic E-state index is -4.50. The molecule has 1 N–H and O–H groups in total. The number of hydrogen-bond donors (Lipinski definition) is 1. The van der Waals surface area contributed by atoms with Gasteiger partial charge in [0.25, 0.3) is 0 Å². The van der Waals surface area contributed by atoms with Crippen LogP contribution in [-0.4, -0.2) is 6.54 Å². The fourth-order valence-electron chi connectivity index (χ4n) is 1.83. The minimum absolute atomic E-state index is 0.347. The Kier molecular flexibility index (Phi) is 5.22. The molecule has 0 saturated carbocycles. The van der Waals surface area contributed by atoms with Crippen molar-refractivity contribution in [2.45, 2.75) is 32.9 Å². The van der Waals surface area contributed by atoms with Gasteiger partial charge in [0.2, 0.25) is 0 Å². The van der Waals surface area contributed by atoms with Gasteiger partial charge in [0.1, 0.15) is 0 Å². The van der Waals surface area contributed by atoms with Gasteiger partial charge in [-0.15, -0.1) is 0 Å². The Morgan fingerprint density at radius 2 is 1.89 bits per heavy atom. The summed E-state index contributed by atoms with van der Waals surface area (Å²) < 4.78 is 38.3. The van der Waals surface area contributed by atoms with Crippen LogP contribution in [0.15, 0.2) is 18.2 Å². The van der Waals surface area contributed by atoms with Crippen molar-refractivity contribution < 1.29 is 13.2 Å². The molecule has 0 bridgehead atoms. The van der Waals surface area contributed by atoms with Crippen molar-refractivity contribution in [1.82, 2.24) is 0 Å². The lowest BCUT2D eigenvalue weighted by molar-refractivity contribution is -0.137. The summed E-state index contributed by atoms with van der Waals surface area (Å²) in [5, 5.41) is 11.7. The summed E-state index contributed by atoms with van der Waals surface area (Å²) in [5.41, 5.74) is -0.830. The molecule has 0 radical (unpaired) electrons. The lowest BCUT2D eigenvalue weighted by atomic mass is 10.0. The Balaban J connectivity index is 2.91. The van der Waals surface area contributed by atoms with Crippen molar-refractivity contribution in [1.29, 1.82) is 5.26 Å². The number of nitrogens with zero attached hydrogens (tertiary/aromatic N) is 1. The number of nitrogens with one attached hydrogen (secondary N) is 1. The van der Waals surface area contributed by atoms with Gasteiger partial charge in [-0.05, 0) is 24.1 Å². The number of nitriles is 1. The van der Waals surface area contributed by atoms with Crippen LogP contribution in [0.3, 0.4) is 0 Å². The van der Waals surface area contributed by atoms with E-state index >= 15 is 0 Å². The molecule has 0 atom stereocenters. The number of rotatable bonds is 5. The fraction of sp³-hybridized carbons (Fsp3) is 0.500. The SMILES string of the molecule is CCC(CC)CNc1ccc(C#N)c(C(F)(F)F)c1. The number of hydrogen-bond acceptors (Lipinski definition) is 2. The molecule has 19 heavy (non-hydrogen) atoms. The van der Waals surface area contributed by atoms with Gasteiger partial charge in [0.05, 0.1) is 17.2 Å². The normalized spacial score (nSPS) is 11.4. The maximum Gasteiger partial charge on any atom is 0.417 e. The van der Waals surface area contributed by atoms with Gasteiger partial charge in [0.15, 0.2) is 0 Å². The molecule has 0 aromatic heterocycles. The van der Waals surface area contributed by atoms with Gasteiger partial charge in [-0.2, -0.15) is 18.4 Å². The Morgan fingerprint density at radius 1 is 1.26 bits per heavy atom. The first-order valence-electron chi connectivity index (χ1n) is 6.27. The van der Waals surface area contributed by atoms with Gasteiger partial charge >= 0.3 is 6.18 Å². The Morgan fingerprint density at radius 3 is 2.37 bits per heavy atom. The van der Waals surface area contributed by atoms with Crippen LogP contribution in [0.5, 0.6) is 0 Å². The number of benzene rings is 1. The van der Waals surface area contributed by atoms with Crippen LogP contribution in [0, 0.1) is 17.2 Å². The maximum atomic E-state index is 12.8. The molecule has 1 aromatic carbocycles. The molecule has 1 aromatic rings. The average Bonchev–Trinajstić information content (AvgIpc) is 2.38. The van der Waals surface area contributed by atoms with Gasteiger partial charge in [-0.1, -0.05) is 26.7 Å². The molecule has 0 saturated heterocycles. The van der Waals surface area contributed by atoms with Crippen LogP contribution in [0.1, 0.15) is 37.8 Å². The zero-order chi connectivity index (χ0) is 14.5. The summed E-state index contributed by atoms with van der Waals surface area (Å²) in [6.07, 6.45) is -2.55. The van der Waals surface area contributed by atoms with Crippen molar-refractivity contribution >= 4 is 5.69 Å². The molecular formula is C14H17F3N2. The van der Waals surface area contributed by atoms with Crippen LogP contribution in [0.4, 0.5) is 18.9 Å². The van der Waals surface area contributed by atoms with Crippen LogP contribution < -0.4 is 5.32 Å². The largest absolute Gasteiger partial charge is 0.417 e. The summed E-state index contributed by atoms with van der Waals surface area (Å²) in [4.78, 5) is 0. The van der Waals surface area contributed by atoms with E-state index in [1.165, 1.54) is 12.1 Å². The lowest BCUT2D eigenvalue weighted by Gasteiger charge is -2.16. The summed E-state index contributed by atoms with van der Waals surface area (Å²) in [6, 6.07) is 5.29. The number of anilines is 1. The molecule has 5 heteroatoms. The van der Waals surface area contributed by atoms with E-state index in [-0.39, 0.29) is 5.56 Å². The second kappa shape index (κ2) is 6.46. The Labute approximate surface area is 111 Å². The first-order chi connectivity index (χ1) is 8.92. The topological polar surface area (TPSA) is 35.8 Å². The average molecular weight is 270 g/mol. The van der Waals surface area contributed by atoms with Gasteiger partial charge < -0.3 is 5.32 Å². The number of halogens is 3. The summed E-state index contributed by atoms with van der Waals surface area (Å²) >= 11 is 0. The first-order valence-corrected chi connectivity index (χ1v) is 6.27. The van der Waals surface area contributed by atoms with E-state index in [1.54, 1.807) is 6.07 Å². The van der Waals surface area contributed by atoms with Crippen molar-refractivity contribution in [3.8, 4) is 6.07 Å². The van der Waals surface area contributed by atoms with Gasteiger partial charge in [-0.25, -0.2) is 0 Å². The highest BCUT2D eigenvalue weighted by molar-refractivity contribution is 5.53. The zero-order valence-corrected chi connectivity index (χ0v) is 11.0. The molecule has 1 rings (SSSR count). The summed E-state index contributed by atoms with van der Waals surface area (Å²) in [6.45, 7) is 4.74. The van der Waals surface area contributed by atoms with Crippen LogP contribution in [0.2, 0.25) is 0 Å². The second-order valence-corrected chi connectivity index (χ2v) is 4.43. The molecular weight excluding hydrogens is 253 g/mol. The van der Waals surface area contributed by atoms with Crippen LogP contribution in [0.25, 0.3) is 0 Å². The quantitative estimate of drug-likeness (QED) is 0.859. The summed E-state index contributed by atoms with van der Waals surface area (Å²) in [5.74, 6) is 0.435. The van der Waals surface area contributed by atoms with Crippen molar-refractivity contribution in [3.63, 3.8) is 0 Å². The number of alkyl halides is 3. The third-order valence-corrected chi connectivity index (χ3v) is 3.19. The smallest absolute Gasteiger partial charge is 0.385 e. The molecule has 0 spiro atoms. The minimum Gasteiger partial charge on any atom is -0.385 e. The van der Waals surface area contributed by atoms with Crippen LogP contribution >= 0.6 is 0 Å². The molecule has 104 valence electrons. The third-order valence-electron chi connectivity index (χ3n) is 3.19. The second-order valence-electron chi connectivity index (χ2n) is 4.43. The van der Waals surface area contributed by atoms with E-state index < -0.39 is 11.7 Å². The van der Waals surface area contributed by atoms with E-state index in [9.17, 15) is 13.2 Å². The highest BCUT2D eigenvalue weighted by Crippen LogP contribution is 2.33. The van der Waals surface area contributed by atoms with Gasteiger partial charge in [0, 0.05) is 12.2 Å². The molecule has 0 fully saturated rings. The monoisotopic (exact) mass is 270 g/mol. The molecule has 0 aliphatic heterocycles. The molecule has 0 amide bonds. The van der Waals surface area contributed by atoms with E-state index in [4.69, 9.17) is 5.26 Å². The molecule has 0 aliphatic rings. The maximum absolute atomic E-state index is 12.8. The van der Waals surface area contributed by atoms with Crippen LogP contribution in [-0.2, 0) is 6.18 Å². The van der Waals surface area contributed by atoms with Gasteiger partial charge in [-0.3, -0.25) is 0 Å². The van der Waals surface area contributed by atoms with E-state index in [2.05, 4.69) is 19.2 Å². The predicted molar refractivity (Wildman–Crippen MR) is 68.7 cm³/mol. The van der Waals surface area contributed by atoms with E-state index in [0.717, 1.165) is 18.9 Å². The summed E-state index contributed by atoms with van der Waals surface area (Å²) in [7, 11) is 0. The van der Waals surface area contributed by atoms with E-state index in [1.807, 2.05) is 0 Å². The molecule has 0 heterocycles. The van der Waals surface area contributed by atoms with E-state index in [0.29, 0.717) is 18.2 Å². The van der Waals surface area contributed by atoms with Crippen molar-refractivity contribution in [2.75, 3.05) is 11.9 Å². The predicted octanol–water partition coefficient (Wildman–Crippen LogP) is 4.43. The molecule has 2 nitrogen and oxygen atoms in total. The Hall–Kier alpha value is -1.70. The molecule has 0 aliphatic carbocycles. The zero-order valence-electron chi connectivity index (χ0n) is 11.0. The standard InChI is InChI=1S/C14H17F3N2/c1-3-10(4-2)9-19-12-6-5-11(8-18)13(7-12)14(15,16)17/h5-7,10,19H,3-4,9H2,1-2H3. The highest BCUT2D eigenvalue weighted by atomic mass is 19.4. The Bertz CT molecular complexity index is 457. The van der Waals surface area contributed by atoms with Crippen molar-refractivity contribution in [3.05, 3.63) is 29.3 Å². The third kappa shape index (κ3) is 4.16. The fourth-order valence-corrected chi connectivity index (χ4v) is 1.83. The lowest BCUT2D eigenvalue weighted by Crippen LogP contribution is -2.14. The highest BCUT2D eigenvalue weighted by Gasteiger charge is 2.33. The van der Waals surface area contributed by atoms with Crippen molar-refractivity contribution in [2.24, 2.45) is 5.92 Å².